The first-order valence-corrected chi connectivity index (χ1v) is 7.68. The highest BCUT2D eigenvalue weighted by Crippen LogP contribution is 2.29. The van der Waals surface area contributed by atoms with Gasteiger partial charge in [0.15, 0.2) is 5.13 Å². The highest BCUT2D eigenvalue weighted by atomic mass is 32.1. The van der Waals surface area contributed by atoms with E-state index in [0.29, 0.717) is 16.7 Å². The minimum absolute atomic E-state index is 0.0140. The van der Waals surface area contributed by atoms with Crippen molar-refractivity contribution in [1.29, 1.82) is 0 Å². The van der Waals surface area contributed by atoms with Crippen molar-refractivity contribution >= 4 is 28.2 Å². The molecule has 1 unspecified atom stereocenters. The number of nitrogens with zero attached hydrogens (tertiary/aromatic N) is 4. The van der Waals surface area contributed by atoms with Crippen molar-refractivity contribution in [1.82, 2.24) is 14.8 Å². The average Bonchev–Trinajstić information content (AvgIpc) is 3.03. The number of thiazole rings is 1. The van der Waals surface area contributed by atoms with Gasteiger partial charge in [-0.05, 0) is 27.4 Å². The zero-order valence-electron chi connectivity index (χ0n) is 12.6. The molecule has 2 N–H and O–H groups in total. The van der Waals surface area contributed by atoms with E-state index in [4.69, 9.17) is 5.73 Å². The van der Waals surface area contributed by atoms with Gasteiger partial charge in [-0.1, -0.05) is 11.3 Å². The molecule has 1 aliphatic rings. The number of carbonyl (C=O) groups excluding carboxylic acids is 1. The molecule has 6 nitrogen and oxygen atoms in total. The standard InChI is InChI=1S/C13H23N5OS/c1-5-17(4)13-15-11(14)10(20-13)12(19)18-7-6-9(8-18)16(2)3/h9H,5-8,14H2,1-4H3. The first-order chi connectivity index (χ1) is 9.43. The number of likely N-dealkylation sites (N-methyl/N-ethyl adjacent to an activating group) is 1. The van der Waals surface area contributed by atoms with E-state index in [0.717, 1.165) is 31.2 Å². The Balaban J connectivity index is 2.12. The lowest BCUT2D eigenvalue weighted by Gasteiger charge is -2.20. The van der Waals surface area contributed by atoms with Crippen LogP contribution in [0.4, 0.5) is 10.9 Å². The van der Waals surface area contributed by atoms with Crippen LogP contribution in [0.2, 0.25) is 0 Å². The van der Waals surface area contributed by atoms with Gasteiger partial charge >= 0.3 is 0 Å². The summed E-state index contributed by atoms with van der Waals surface area (Å²) in [6, 6.07) is 0.436. The van der Waals surface area contributed by atoms with Crippen molar-refractivity contribution in [2.24, 2.45) is 0 Å². The lowest BCUT2D eigenvalue weighted by atomic mass is 10.2. The number of anilines is 2. The Labute approximate surface area is 124 Å². The highest BCUT2D eigenvalue weighted by molar-refractivity contribution is 7.18. The number of rotatable bonds is 4. The molecule has 1 fully saturated rings. The number of nitrogens with two attached hydrogens (primary N) is 1. The van der Waals surface area contributed by atoms with Crippen LogP contribution in [0.15, 0.2) is 0 Å². The highest BCUT2D eigenvalue weighted by Gasteiger charge is 2.30. The summed E-state index contributed by atoms with van der Waals surface area (Å²) in [6.07, 6.45) is 1.01. The molecule has 2 rings (SSSR count). The molecule has 1 aromatic heterocycles. The maximum Gasteiger partial charge on any atom is 0.267 e. The second-order valence-corrected chi connectivity index (χ2v) is 6.36. The number of aromatic nitrogens is 1. The summed E-state index contributed by atoms with van der Waals surface area (Å²) in [5.41, 5.74) is 5.91. The van der Waals surface area contributed by atoms with E-state index in [1.165, 1.54) is 11.3 Å². The smallest absolute Gasteiger partial charge is 0.267 e. The van der Waals surface area contributed by atoms with Crippen LogP contribution in [0.25, 0.3) is 0 Å². The molecule has 0 saturated carbocycles. The van der Waals surface area contributed by atoms with Gasteiger partial charge in [0.1, 0.15) is 10.7 Å². The molecule has 1 saturated heterocycles. The molecule has 1 aliphatic heterocycles. The molecule has 2 heterocycles. The van der Waals surface area contributed by atoms with E-state index >= 15 is 0 Å². The van der Waals surface area contributed by atoms with Crippen LogP contribution in [0.3, 0.4) is 0 Å². The van der Waals surface area contributed by atoms with Gasteiger partial charge in [-0.3, -0.25) is 4.79 Å². The molecule has 0 spiro atoms. The van der Waals surface area contributed by atoms with E-state index in [1.54, 1.807) is 0 Å². The molecule has 20 heavy (non-hydrogen) atoms. The Morgan fingerprint density at radius 1 is 1.50 bits per heavy atom. The molecule has 1 amide bonds. The molecule has 0 aromatic carbocycles. The maximum atomic E-state index is 12.5. The van der Waals surface area contributed by atoms with Crippen LogP contribution in [0, 0.1) is 0 Å². The second-order valence-electron chi connectivity index (χ2n) is 5.38. The van der Waals surface area contributed by atoms with Gasteiger partial charge < -0.3 is 20.4 Å². The van der Waals surface area contributed by atoms with Gasteiger partial charge in [-0.2, -0.15) is 0 Å². The third-order valence-corrected chi connectivity index (χ3v) is 4.99. The van der Waals surface area contributed by atoms with E-state index in [1.807, 2.05) is 37.9 Å². The summed E-state index contributed by atoms with van der Waals surface area (Å²) in [5.74, 6) is 0.365. The molecule has 0 radical (unpaired) electrons. The molecule has 7 heteroatoms. The van der Waals surface area contributed by atoms with Crippen LogP contribution in [0.5, 0.6) is 0 Å². The van der Waals surface area contributed by atoms with E-state index in [-0.39, 0.29) is 5.91 Å². The third kappa shape index (κ3) is 2.88. The van der Waals surface area contributed by atoms with E-state index < -0.39 is 0 Å². The van der Waals surface area contributed by atoms with Gasteiger partial charge in [-0.25, -0.2) is 4.98 Å². The summed E-state index contributed by atoms with van der Waals surface area (Å²) in [5, 5.41) is 0.803. The predicted octanol–water partition coefficient (Wildman–Crippen LogP) is 0.957. The molecular formula is C13H23N5OS. The number of carbonyl (C=O) groups is 1. The number of nitrogen functional groups attached to an aromatic ring is 1. The van der Waals surface area contributed by atoms with Crippen molar-refractivity contribution in [3.8, 4) is 0 Å². The fraction of sp³-hybridized carbons (Fsp3) is 0.692. The second kappa shape index (κ2) is 5.97. The number of hydrogen-bond acceptors (Lipinski definition) is 6. The summed E-state index contributed by atoms with van der Waals surface area (Å²) < 4.78 is 0. The quantitative estimate of drug-likeness (QED) is 0.896. The van der Waals surface area contributed by atoms with Gasteiger partial charge in [0.25, 0.3) is 5.91 Å². The van der Waals surface area contributed by atoms with Crippen molar-refractivity contribution < 1.29 is 4.79 Å². The van der Waals surface area contributed by atoms with Gasteiger partial charge in [-0.15, -0.1) is 0 Å². The van der Waals surface area contributed by atoms with Crippen LogP contribution in [0.1, 0.15) is 23.0 Å². The van der Waals surface area contributed by atoms with Crippen LogP contribution < -0.4 is 10.6 Å². The fourth-order valence-electron chi connectivity index (χ4n) is 2.26. The summed E-state index contributed by atoms with van der Waals surface area (Å²) in [4.78, 5) is 23.4. The molecule has 0 bridgehead atoms. The SMILES string of the molecule is CCN(C)c1nc(N)c(C(=O)N2CCC(N(C)C)C2)s1. The van der Waals surface area contributed by atoms with Crippen molar-refractivity contribution in [2.45, 2.75) is 19.4 Å². The largest absolute Gasteiger partial charge is 0.382 e. The zero-order chi connectivity index (χ0) is 14.9. The number of amides is 1. The van der Waals surface area contributed by atoms with E-state index in [9.17, 15) is 4.79 Å². The fourth-order valence-corrected chi connectivity index (χ4v) is 3.24. The molecule has 112 valence electrons. The molecule has 1 aromatic rings. The summed E-state index contributed by atoms with van der Waals surface area (Å²) in [6.45, 7) is 4.44. The first kappa shape index (κ1) is 15.1. The van der Waals surface area contributed by atoms with Crippen LogP contribution in [-0.2, 0) is 0 Å². The Kier molecular flexibility index (Phi) is 4.49. The minimum atomic E-state index is 0.0140. The van der Waals surface area contributed by atoms with E-state index in [2.05, 4.69) is 9.88 Å². The topological polar surface area (TPSA) is 65.7 Å². The summed E-state index contributed by atoms with van der Waals surface area (Å²) in [7, 11) is 6.05. The normalized spacial score (nSPS) is 18.9. The van der Waals surface area contributed by atoms with Crippen molar-refractivity contribution in [3.63, 3.8) is 0 Å². The lowest BCUT2D eigenvalue weighted by Crippen LogP contribution is -2.34. The number of hydrogen-bond donors (Lipinski definition) is 1. The zero-order valence-corrected chi connectivity index (χ0v) is 13.4. The minimum Gasteiger partial charge on any atom is -0.382 e. The average molecular weight is 297 g/mol. The maximum absolute atomic E-state index is 12.5. The van der Waals surface area contributed by atoms with Crippen molar-refractivity contribution in [2.75, 3.05) is 51.4 Å². The summed E-state index contributed by atoms with van der Waals surface area (Å²) >= 11 is 1.38. The Hall–Kier alpha value is -1.34. The molecule has 1 atom stereocenters. The Morgan fingerprint density at radius 2 is 2.20 bits per heavy atom. The van der Waals surface area contributed by atoms with Crippen molar-refractivity contribution in [3.05, 3.63) is 4.88 Å². The Bertz CT molecular complexity index is 487. The predicted molar refractivity (Wildman–Crippen MR) is 83.5 cm³/mol. The number of likely N-dealkylation sites (tertiary alicyclic amines) is 1. The monoisotopic (exact) mass is 297 g/mol. The first-order valence-electron chi connectivity index (χ1n) is 6.87. The van der Waals surface area contributed by atoms with Gasteiger partial charge in [0.2, 0.25) is 0 Å². The Morgan fingerprint density at radius 3 is 2.75 bits per heavy atom. The molecular weight excluding hydrogens is 274 g/mol. The molecule has 0 aliphatic carbocycles. The van der Waals surface area contributed by atoms with Gasteiger partial charge in [0, 0.05) is 32.7 Å². The van der Waals surface area contributed by atoms with Gasteiger partial charge in [0.05, 0.1) is 0 Å². The van der Waals surface area contributed by atoms with Crippen LogP contribution >= 0.6 is 11.3 Å². The lowest BCUT2D eigenvalue weighted by molar-refractivity contribution is 0.0788. The third-order valence-electron chi connectivity index (χ3n) is 3.82. The van der Waals surface area contributed by atoms with Crippen LogP contribution in [-0.4, -0.2) is 67.5 Å².